The maximum Gasteiger partial charge on any atom is 0.0712 e. The van der Waals surface area contributed by atoms with Crippen LogP contribution >= 0.6 is 23.5 Å². The Morgan fingerprint density at radius 1 is 1.21 bits per heavy atom. The van der Waals surface area contributed by atoms with Crippen molar-refractivity contribution in [3.63, 3.8) is 0 Å². The molecule has 1 aliphatic rings. The molecule has 2 heteroatoms. The molecule has 0 radical (unpaired) electrons. The molecule has 0 amide bonds. The monoisotopic (exact) mass is 222 g/mol. The normalized spacial score (nSPS) is 18.8. The van der Waals surface area contributed by atoms with Crippen molar-refractivity contribution in [3.8, 4) is 0 Å². The van der Waals surface area contributed by atoms with Gasteiger partial charge in [-0.15, -0.1) is 23.5 Å². The molecule has 1 heterocycles. The third-order valence-electron chi connectivity index (χ3n) is 2.19. The molecule has 0 bridgehead atoms. The van der Waals surface area contributed by atoms with E-state index in [1.807, 2.05) is 0 Å². The topological polar surface area (TPSA) is 0 Å². The second kappa shape index (κ2) is 4.94. The standard InChI is InChI=1S/C12H14S2/c1-10(12-13-7-8-14-12)9-11-5-3-2-4-6-11/h2-6,9,12H,7-8H2,1H3/b10-9-. The van der Waals surface area contributed by atoms with Gasteiger partial charge in [-0.1, -0.05) is 36.4 Å². The molecule has 0 nitrogen and oxygen atoms in total. The highest BCUT2D eigenvalue weighted by molar-refractivity contribution is 8.20. The molecule has 0 aromatic heterocycles. The average Bonchev–Trinajstić information content (AvgIpc) is 2.72. The summed E-state index contributed by atoms with van der Waals surface area (Å²) in [6.07, 6.45) is 2.30. The highest BCUT2D eigenvalue weighted by Crippen LogP contribution is 2.37. The van der Waals surface area contributed by atoms with Crippen LogP contribution in [0.5, 0.6) is 0 Å². The first-order valence-corrected chi connectivity index (χ1v) is 6.92. The molecule has 0 atom stereocenters. The minimum atomic E-state index is 0.690. The Kier molecular flexibility index (Phi) is 3.60. The lowest BCUT2D eigenvalue weighted by atomic mass is 10.1. The Bertz CT molecular complexity index is 310. The maximum absolute atomic E-state index is 2.30. The van der Waals surface area contributed by atoms with E-state index < -0.39 is 0 Å². The summed E-state index contributed by atoms with van der Waals surface area (Å²) in [7, 11) is 0. The average molecular weight is 222 g/mol. The van der Waals surface area contributed by atoms with E-state index >= 15 is 0 Å². The summed E-state index contributed by atoms with van der Waals surface area (Å²) in [4.78, 5) is 0. The number of thioether (sulfide) groups is 2. The van der Waals surface area contributed by atoms with Gasteiger partial charge in [-0.25, -0.2) is 0 Å². The van der Waals surface area contributed by atoms with Gasteiger partial charge in [-0.2, -0.15) is 0 Å². The van der Waals surface area contributed by atoms with Crippen molar-refractivity contribution < 1.29 is 0 Å². The Balaban J connectivity index is 2.10. The van der Waals surface area contributed by atoms with E-state index in [-0.39, 0.29) is 0 Å². The van der Waals surface area contributed by atoms with Crippen molar-refractivity contribution in [2.24, 2.45) is 0 Å². The smallest absolute Gasteiger partial charge is 0.0712 e. The van der Waals surface area contributed by atoms with E-state index in [2.05, 4.69) is 66.9 Å². The summed E-state index contributed by atoms with van der Waals surface area (Å²) in [5, 5.41) is 0. The number of hydrogen-bond donors (Lipinski definition) is 0. The van der Waals surface area contributed by atoms with E-state index in [0.717, 1.165) is 0 Å². The molecule has 1 aliphatic heterocycles. The molecular formula is C12H14S2. The second-order valence-corrected chi connectivity index (χ2v) is 6.10. The van der Waals surface area contributed by atoms with Crippen LogP contribution in [0.1, 0.15) is 12.5 Å². The molecule has 1 aromatic rings. The van der Waals surface area contributed by atoms with Gasteiger partial charge in [0.2, 0.25) is 0 Å². The molecule has 0 saturated carbocycles. The van der Waals surface area contributed by atoms with Gasteiger partial charge in [0.25, 0.3) is 0 Å². The van der Waals surface area contributed by atoms with Gasteiger partial charge < -0.3 is 0 Å². The molecule has 74 valence electrons. The lowest BCUT2D eigenvalue weighted by molar-refractivity contribution is 1.38. The summed E-state index contributed by atoms with van der Waals surface area (Å²) < 4.78 is 0.690. The maximum atomic E-state index is 2.30. The quantitative estimate of drug-likeness (QED) is 0.744. The molecule has 0 N–H and O–H groups in total. The van der Waals surface area contributed by atoms with Gasteiger partial charge in [0.15, 0.2) is 0 Å². The first kappa shape index (κ1) is 10.2. The third kappa shape index (κ3) is 2.58. The molecular weight excluding hydrogens is 208 g/mol. The van der Waals surface area contributed by atoms with Crippen LogP contribution in [-0.4, -0.2) is 16.1 Å². The van der Waals surface area contributed by atoms with E-state index in [0.29, 0.717) is 4.58 Å². The fraction of sp³-hybridized carbons (Fsp3) is 0.333. The predicted octanol–water partition coefficient (Wildman–Crippen LogP) is 3.90. The lowest BCUT2D eigenvalue weighted by Gasteiger charge is -2.07. The van der Waals surface area contributed by atoms with Gasteiger partial charge in [0, 0.05) is 11.5 Å². The van der Waals surface area contributed by atoms with Gasteiger partial charge in [-0.05, 0) is 18.1 Å². The van der Waals surface area contributed by atoms with E-state index in [4.69, 9.17) is 0 Å². The van der Waals surface area contributed by atoms with Crippen molar-refractivity contribution >= 4 is 29.6 Å². The van der Waals surface area contributed by atoms with Crippen molar-refractivity contribution in [1.29, 1.82) is 0 Å². The SMILES string of the molecule is C/C(=C/c1ccccc1)C1SCCS1. The van der Waals surface area contributed by atoms with E-state index in [9.17, 15) is 0 Å². The number of rotatable bonds is 2. The minimum Gasteiger partial charge on any atom is -0.142 e. The van der Waals surface area contributed by atoms with Crippen LogP contribution in [-0.2, 0) is 0 Å². The van der Waals surface area contributed by atoms with Crippen molar-refractivity contribution in [2.75, 3.05) is 11.5 Å². The largest absolute Gasteiger partial charge is 0.142 e. The van der Waals surface area contributed by atoms with Gasteiger partial charge in [0.1, 0.15) is 0 Å². The van der Waals surface area contributed by atoms with E-state index in [1.165, 1.54) is 22.6 Å². The van der Waals surface area contributed by atoms with E-state index in [1.54, 1.807) is 0 Å². The molecule has 0 aliphatic carbocycles. The minimum absolute atomic E-state index is 0.690. The van der Waals surface area contributed by atoms with Gasteiger partial charge in [0.05, 0.1) is 4.58 Å². The first-order chi connectivity index (χ1) is 6.86. The van der Waals surface area contributed by atoms with Crippen LogP contribution in [0.25, 0.3) is 6.08 Å². The number of hydrogen-bond acceptors (Lipinski definition) is 2. The Morgan fingerprint density at radius 3 is 2.50 bits per heavy atom. The molecule has 1 aromatic carbocycles. The zero-order chi connectivity index (χ0) is 9.80. The van der Waals surface area contributed by atoms with Crippen LogP contribution in [0, 0.1) is 0 Å². The van der Waals surface area contributed by atoms with Crippen molar-refractivity contribution in [2.45, 2.75) is 11.5 Å². The highest BCUT2D eigenvalue weighted by Gasteiger charge is 2.17. The second-order valence-electron chi connectivity index (χ2n) is 3.37. The Hall–Kier alpha value is -0.340. The summed E-state index contributed by atoms with van der Waals surface area (Å²) >= 11 is 4.13. The molecule has 0 spiro atoms. The summed E-state index contributed by atoms with van der Waals surface area (Å²) in [5.41, 5.74) is 2.81. The van der Waals surface area contributed by atoms with Crippen LogP contribution in [0.3, 0.4) is 0 Å². The molecule has 1 saturated heterocycles. The van der Waals surface area contributed by atoms with Crippen LogP contribution in [0.4, 0.5) is 0 Å². The van der Waals surface area contributed by atoms with Gasteiger partial charge in [-0.3, -0.25) is 0 Å². The zero-order valence-electron chi connectivity index (χ0n) is 8.27. The van der Waals surface area contributed by atoms with Crippen molar-refractivity contribution in [3.05, 3.63) is 41.5 Å². The summed E-state index contributed by atoms with van der Waals surface area (Å²) in [6.45, 7) is 2.24. The lowest BCUT2D eigenvalue weighted by Crippen LogP contribution is -1.92. The summed E-state index contributed by atoms with van der Waals surface area (Å²) in [6, 6.07) is 10.6. The molecule has 1 fully saturated rings. The fourth-order valence-electron chi connectivity index (χ4n) is 1.50. The van der Waals surface area contributed by atoms with Crippen LogP contribution in [0.15, 0.2) is 35.9 Å². The van der Waals surface area contributed by atoms with Crippen LogP contribution < -0.4 is 0 Å². The first-order valence-electron chi connectivity index (χ1n) is 4.83. The fourth-order valence-corrected chi connectivity index (χ4v) is 4.32. The van der Waals surface area contributed by atoms with Crippen LogP contribution in [0.2, 0.25) is 0 Å². The Labute approximate surface area is 94.2 Å². The molecule has 0 unspecified atom stereocenters. The molecule has 2 rings (SSSR count). The zero-order valence-corrected chi connectivity index (χ0v) is 9.91. The van der Waals surface area contributed by atoms with Gasteiger partial charge >= 0.3 is 0 Å². The molecule has 14 heavy (non-hydrogen) atoms. The number of benzene rings is 1. The third-order valence-corrected chi connectivity index (χ3v) is 5.49. The predicted molar refractivity (Wildman–Crippen MR) is 68.8 cm³/mol. The van der Waals surface area contributed by atoms with Crippen molar-refractivity contribution in [1.82, 2.24) is 0 Å². The Morgan fingerprint density at radius 2 is 1.86 bits per heavy atom. The highest BCUT2D eigenvalue weighted by atomic mass is 32.2. The summed E-state index contributed by atoms with van der Waals surface area (Å²) in [5.74, 6) is 2.60.